The molecule has 5 nitrogen and oxygen atoms in total. The molecule has 1 N–H and O–H groups in total. The van der Waals surface area contributed by atoms with E-state index in [9.17, 15) is 14.0 Å². The monoisotopic (exact) mass is 473 g/mol. The molecule has 2 heterocycles. The number of thioether (sulfide) groups is 1. The number of amides is 1. The predicted octanol–water partition coefficient (Wildman–Crippen LogP) is 5.59. The number of nitrogens with zero attached hydrogens (tertiary/aromatic N) is 2. The number of carbonyl (C=O) groups excluding carboxylic acids is 1. The van der Waals surface area contributed by atoms with Gasteiger partial charge in [0.15, 0.2) is 5.16 Å². The van der Waals surface area contributed by atoms with Gasteiger partial charge in [0.1, 0.15) is 10.5 Å². The van der Waals surface area contributed by atoms with Crippen LogP contribution in [0.5, 0.6) is 0 Å². The van der Waals surface area contributed by atoms with Crippen molar-refractivity contribution in [2.24, 2.45) is 0 Å². The van der Waals surface area contributed by atoms with Crippen LogP contribution in [0.4, 0.5) is 10.1 Å². The van der Waals surface area contributed by atoms with Gasteiger partial charge in [0, 0.05) is 0 Å². The van der Waals surface area contributed by atoms with Crippen LogP contribution in [-0.2, 0) is 4.79 Å². The molecule has 0 atom stereocenters. The number of nitrogens with one attached hydrogen (secondary N) is 1. The van der Waals surface area contributed by atoms with Crippen LogP contribution in [0.2, 0.25) is 5.02 Å². The van der Waals surface area contributed by atoms with Crippen molar-refractivity contribution in [1.29, 1.82) is 0 Å². The first-order chi connectivity index (χ1) is 14.8. The Morgan fingerprint density at radius 2 is 2.03 bits per heavy atom. The highest BCUT2D eigenvalue weighted by atomic mass is 35.5. The van der Waals surface area contributed by atoms with Gasteiger partial charge >= 0.3 is 0 Å². The van der Waals surface area contributed by atoms with Gasteiger partial charge in [-0.3, -0.25) is 14.2 Å². The standard InChI is InChI=1S/C22H17ClFN3O2S2/c1-12-3-6-18(13(2)9-12)27-21(29)20-17(7-8-30-20)26-22(27)31-11-19(28)25-16-5-4-14(24)10-15(16)23/h3-10H,11H2,1-2H3,(H,25,28). The Balaban J connectivity index is 1.66. The van der Waals surface area contributed by atoms with E-state index in [1.165, 1.54) is 23.5 Å². The molecular weight excluding hydrogens is 457 g/mol. The normalized spacial score (nSPS) is 11.1. The molecule has 0 aliphatic heterocycles. The SMILES string of the molecule is Cc1ccc(-n2c(SCC(=O)Nc3ccc(F)cc3Cl)nc3ccsc3c2=O)c(C)c1. The van der Waals surface area contributed by atoms with Crippen molar-refractivity contribution in [3.63, 3.8) is 0 Å². The molecule has 0 aliphatic rings. The molecule has 0 fully saturated rings. The van der Waals surface area contributed by atoms with Crippen molar-refractivity contribution in [3.05, 3.63) is 80.2 Å². The van der Waals surface area contributed by atoms with Gasteiger partial charge in [-0.1, -0.05) is 41.1 Å². The molecule has 2 aromatic carbocycles. The van der Waals surface area contributed by atoms with Crippen LogP contribution < -0.4 is 10.9 Å². The highest BCUT2D eigenvalue weighted by Gasteiger charge is 2.17. The van der Waals surface area contributed by atoms with E-state index in [0.29, 0.717) is 21.1 Å². The Morgan fingerprint density at radius 3 is 2.77 bits per heavy atom. The van der Waals surface area contributed by atoms with Gasteiger partial charge in [-0.05, 0) is 55.1 Å². The van der Waals surface area contributed by atoms with E-state index in [4.69, 9.17) is 11.6 Å². The average molecular weight is 474 g/mol. The third kappa shape index (κ3) is 4.51. The molecule has 0 bridgehead atoms. The van der Waals surface area contributed by atoms with Crippen molar-refractivity contribution in [2.45, 2.75) is 19.0 Å². The minimum absolute atomic E-state index is 0.000693. The van der Waals surface area contributed by atoms with Crippen molar-refractivity contribution in [1.82, 2.24) is 9.55 Å². The van der Waals surface area contributed by atoms with E-state index in [1.54, 1.807) is 10.6 Å². The number of rotatable bonds is 5. The predicted molar refractivity (Wildman–Crippen MR) is 125 cm³/mol. The second kappa shape index (κ2) is 8.82. The van der Waals surface area contributed by atoms with Crippen molar-refractivity contribution in [3.8, 4) is 5.69 Å². The van der Waals surface area contributed by atoms with Crippen molar-refractivity contribution < 1.29 is 9.18 Å². The fourth-order valence-corrected chi connectivity index (χ4v) is 4.94. The molecule has 0 radical (unpaired) electrons. The molecule has 0 unspecified atom stereocenters. The van der Waals surface area contributed by atoms with Crippen molar-refractivity contribution in [2.75, 3.05) is 11.1 Å². The fraction of sp³-hybridized carbons (Fsp3) is 0.136. The summed E-state index contributed by atoms with van der Waals surface area (Å²) in [6.45, 7) is 3.92. The average Bonchev–Trinajstić information content (AvgIpc) is 3.18. The second-order valence-corrected chi connectivity index (χ2v) is 9.19. The highest BCUT2D eigenvalue weighted by molar-refractivity contribution is 7.99. The van der Waals surface area contributed by atoms with E-state index < -0.39 is 5.82 Å². The number of aromatic nitrogens is 2. The molecule has 2 aromatic heterocycles. The Bertz CT molecular complexity index is 1370. The van der Waals surface area contributed by atoms with Gasteiger partial charge in [0.2, 0.25) is 5.91 Å². The van der Waals surface area contributed by atoms with Crippen LogP contribution in [0, 0.1) is 19.7 Å². The van der Waals surface area contributed by atoms with Crippen LogP contribution in [0.1, 0.15) is 11.1 Å². The summed E-state index contributed by atoms with van der Waals surface area (Å²) < 4.78 is 15.3. The summed E-state index contributed by atoms with van der Waals surface area (Å²) in [5.41, 5.74) is 3.50. The van der Waals surface area contributed by atoms with Gasteiger partial charge < -0.3 is 5.32 Å². The first-order valence-electron chi connectivity index (χ1n) is 9.29. The summed E-state index contributed by atoms with van der Waals surface area (Å²) in [4.78, 5) is 30.3. The van der Waals surface area contributed by atoms with E-state index in [0.717, 1.165) is 34.6 Å². The quantitative estimate of drug-likeness (QED) is 0.303. The van der Waals surface area contributed by atoms with Crippen LogP contribution in [0.25, 0.3) is 15.9 Å². The largest absolute Gasteiger partial charge is 0.324 e. The number of benzene rings is 2. The van der Waals surface area contributed by atoms with E-state index >= 15 is 0 Å². The summed E-state index contributed by atoms with van der Waals surface area (Å²) in [5, 5.41) is 5.02. The second-order valence-electron chi connectivity index (χ2n) is 6.92. The maximum Gasteiger partial charge on any atom is 0.276 e. The topological polar surface area (TPSA) is 64.0 Å². The van der Waals surface area contributed by atoms with Crippen LogP contribution in [-0.4, -0.2) is 21.2 Å². The Morgan fingerprint density at radius 1 is 1.23 bits per heavy atom. The van der Waals surface area contributed by atoms with Gasteiger partial charge in [0.25, 0.3) is 5.56 Å². The summed E-state index contributed by atoms with van der Waals surface area (Å²) in [7, 11) is 0. The van der Waals surface area contributed by atoms with Crippen LogP contribution in [0.15, 0.2) is 57.8 Å². The van der Waals surface area contributed by atoms with E-state index in [1.807, 2.05) is 37.4 Å². The first-order valence-corrected chi connectivity index (χ1v) is 11.5. The van der Waals surface area contributed by atoms with Gasteiger partial charge in [-0.25, -0.2) is 9.37 Å². The summed E-state index contributed by atoms with van der Waals surface area (Å²) in [6.07, 6.45) is 0. The minimum atomic E-state index is -0.483. The molecule has 0 aliphatic carbocycles. The number of thiophene rings is 1. The summed E-state index contributed by atoms with van der Waals surface area (Å²) in [6, 6.07) is 11.4. The number of carbonyl (C=O) groups is 1. The first kappa shape index (κ1) is 21.5. The fourth-order valence-electron chi connectivity index (χ4n) is 3.16. The summed E-state index contributed by atoms with van der Waals surface area (Å²) in [5.74, 6) is -0.825. The lowest BCUT2D eigenvalue weighted by Gasteiger charge is -2.15. The lowest BCUT2D eigenvalue weighted by atomic mass is 10.1. The van der Waals surface area contributed by atoms with E-state index in [2.05, 4.69) is 10.3 Å². The zero-order chi connectivity index (χ0) is 22.1. The smallest absolute Gasteiger partial charge is 0.276 e. The number of fused-ring (bicyclic) bond motifs is 1. The molecule has 158 valence electrons. The third-order valence-electron chi connectivity index (χ3n) is 4.58. The Kier molecular flexibility index (Phi) is 6.13. The molecule has 1 amide bonds. The van der Waals surface area contributed by atoms with Gasteiger partial charge in [-0.15, -0.1) is 11.3 Å². The molecule has 9 heteroatoms. The van der Waals surface area contributed by atoms with Crippen LogP contribution in [0.3, 0.4) is 0 Å². The lowest BCUT2D eigenvalue weighted by Crippen LogP contribution is -2.23. The number of aryl methyl sites for hydroxylation is 2. The van der Waals surface area contributed by atoms with Gasteiger partial charge in [0.05, 0.1) is 27.7 Å². The molecule has 0 spiro atoms. The van der Waals surface area contributed by atoms with Gasteiger partial charge in [-0.2, -0.15) is 0 Å². The number of halogens is 2. The highest BCUT2D eigenvalue weighted by Crippen LogP contribution is 2.27. The zero-order valence-electron chi connectivity index (χ0n) is 16.6. The lowest BCUT2D eigenvalue weighted by molar-refractivity contribution is -0.113. The third-order valence-corrected chi connectivity index (χ3v) is 6.72. The molecular formula is C22H17ClFN3O2S2. The Labute approximate surface area is 190 Å². The molecule has 0 saturated carbocycles. The maximum atomic E-state index is 13.2. The maximum absolute atomic E-state index is 13.2. The summed E-state index contributed by atoms with van der Waals surface area (Å²) >= 11 is 8.47. The molecule has 4 rings (SSSR count). The Hall–Kier alpha value is -2.68. The van der Waals surface area contributed by atoms with Crippen LogP contribution >= 0.6 is 34.7 Å². The van der Waals surface area contributed by atoms with E-state index in [-0.39, 0.29) is 22.2 Å². The molecule has 0 saturated heterocycles. The number of anilines is 1. The molecule has 31 heavy (non-hydrogen) atoms. The van der Waals surface area contributed by atoms with Crippen molar-refractivity contribution >= 4 is 56.5 Å². The number of hydrogen-bond acceptors (Lipinski definition) is 5. The molecule has 4 aromatic rings. The zero-order valence-corrected chi connectivity index (χ0v) is 19.0. The minimum Gasteiger partial charge on any atom is -0.324 e. The number of hydrogen-bond donors (Lipinski definition) is 1.